The Balaban J connectivity index is 3.01. The summed E-state index contributed by atoms with van der Waals surface area (Å²) in [4.78, 5) is 12.4. The highest BCUT2D eigenvalue weighted by molar-refractivity contribution is 6.00. The number of carbonyl (C=O) groups is 1. The van der Waals surface area contributed by atoms with Gasteiger partial charge in [-0.25, -0.2) is 0 Å². The van der Waals surface area contributed by atoms with Crippen LogP contribution in [-0.4, -0.2) is 11.4 Å². The van der Waals surface area contributed by atoms with Crippen LogP contribution in [0.25, 0.3) is 0 Å². The monoisotopic (exact) mass is 263 g/mol. The number of hydrogen-bond donors (Lipinski definition) is 3. The fraction of sp³-hybridized carbons (Fsp3) is 0.533. The quantitative estimate of drug-likeness (QED) is 0.546. The van der Waals surface area contributed by atoms with Crippen LogP contribution in [0, 0.1) is 6.92 Å². The summed E-state index contributed by atoms with van der Waals surface area (Å²) in [5, 5.41) is 3.16. The number of hydrogen-bond acceptors (Lipinski definition) is 3. The van der Waals surface area contributed by atoms with Gasteiger partial charge in [0, 0.05) is 5.54 Å². The second-order valence-corrected chi connectivity index (χ2v) is 4.99. The molecule has 0 spiro atoms. The molecule has 0 aliphatic carbocycles. The van der Waals surface area contributed by atoms with Crippen molar-refractivity contribution in [2.45, 2.75) is 52.5 Å². The average molecular weight is 263 g/mol. The van der Waals surface area contributed by atoms with Crippen LogP contribution in [0.4, 0.5) is 5.69 Å². The molecule has 0 aliphatic heterocycles. The Morgan fingerprint density at radius 3 is 2.26 bits per heavy atom. The topological polar surface area (TPSA) is 67.2 Å². The van der Waals surface area contributed by atoms with Crippen LogP contribution >= 0.6 is 0 Å². The van der Waals surface area contributed by atoms with Crippen LogP contribution in [0.5, 0.6) is 0 Å². The molecule has 19 heavy (non-hydrogen) atoms. The number of rotatable bonds is 6. The average Bonchev–Trinajstić information content (AvgIpc) is 2.44. The minimum Gasteiger partial charge on any atom is -0.347 e. The molecular weight excluding hydrogens is 238 g/mol. The predicted octanol–water partition coefficient (Wildman–Crippen LogP) is 2.98. The summed E-state index contributed by atoms with van der Waals surface area (Å²) in [7, 11) is 0. The van der Waals surface area contributed by atoms with E-state index in [9.17, 15) is 4.79 Å². The lowest BCUT2D eigenvalue weighted by atomic mass is 9.89. The van der Waals surface area contributed by atoms with Gasteiger partial charge in [0.25, 0.3) is 5.91 Å². The Labute approximate surface area is 115 Å². The number of nitrogen functional groups attached to an aromatic ring is 1. The molecule has 0 atom stereocenters. The molecule has 0 aliphatic rings. The molecule has 0 saturated carbocycles. The van der Waals surface area contributed by atoms with Gasteiger partial charge in [0.15, 0.2) is 0 Å². The lowest BCUT2D eigenvalue weighted by Gasteiger charge is -2.32. The van der Waals surface area contributed by atoms with Gasteiger partial charge in [0.05, 0.1) is 11.3 Å². The molecule has 1 aromatic carbocycles. The Morgan fingerprint density at radius 2 is 1.79 bits per heavy atom. The van der Waals surface area contributed by atoms with E-state index in [1.807, 2.05) is 25.1 Å². The molecular formula is C15H25N3O. The molecule has 0 bridgehead atoms. The Bertz CT molecular complexity index is 431. The van der Waals surface area contributed by atoms with Crippen molar-refractivity contribution in [2.24, 2.45) is 5.84 Å². The lowest BCUT2D eigenvalue weighted by molar-refractivity contribution is 0.0889. The fourth-order valence-corrected chi connectivity index (χ4v) is 2.30. The van der Waals surface area contributed by atoms with Crippen molar-refractivity contribution in [3.63, 3.8) is 0 Å². The minimum atomic E-state index is -0.131. The second kappa shape index (κ2) is 6.57. The van der Waals surface area contributed by atoms with Crippen LogP contribution in [-0.2, 0) is 0 Å². The molecule has 0 aromatic heterocycles. The smallest absolute Gasteiger partial charge is 0.253 e. The van der Waals surface area contributed by atoms with E-state index in [0.29, 0.717) is 11.3 Å². The molecule has 4 nitrogen and oxygen atoms in total. The largest absolute Gasteiger partial charge is 0.347 e. The third-order valence-electron chi connectivity index (χ3n) is 3.98. The van der Waals surface area contributed by atoms with E-state index < -0.39 is 0 Å². The number of aryl methyl sites for hydroxylation is 1. The summed E-state index contributed by atoms with van der Waals surface area (Å²) in [6.07, 6.45) is 2.76. The highest BCUT2D eigenvalue weighted by Gasteiger charge is 2.27. The molecule has 1 amide bonds. The van der Waals surface area contributed by atoms with Crippen LogP contribution in [0.3, 0.4) is 0 Å². The van der Waals surface area contributed by atoms with Crippen molar-refractivity contribution >= 4 is 11.6 Å². The third kappa shape index (κ3) is 3.47. The molecule has 4 heteroatoms. The van der Waals surface area contributed by atoms with Crippen molar-refractivity contribution in [3.8, 4) is 0 Å². The summed E-state index contributed by atoms with van der Waals surface area (Å²) in [5.41, 5.74) is 4.78. The van der Waals surface area contributed by atoms with E-state index in [2.05, 4.69) is 31.5 Å². The highest BCUT2D eigenvalue weighted by Crippen LogP contribution is 2.22. The summed E-state index contributed by atoms with van der Waals surface area (Å²) < 4.78 is 0. The third-order valence-corrected chi connectivity index (χ3v) is 3.98. The molecule has 1 rings (SSSR count). The normalized spacial score (nSPS) is 11.2. The van der Waals surface area contributed by atoms with Crippen molar-refractivity contribution in [1.29, 1.82) is 0 Å². The predicted molar refractivity (Wildman–Crippen MR) is 80.1 cm³/mol. The number of amides is 1. The van der Waals surface area contributed by atoms with Gasteiger partial charge >= 0.3 is 0 Å². The maximum Gasteiger partial charge on any atom is 0.253 e. The van der Waals surface area contributed by atoms with Crippen LogP contribution in [0.2, 0.25) is 0 Å². The maximum atomic E-state index is 12.4. The van der Waals surface area contributed by atoms with Gasteiger partial charge in [-0.2, -0.15) is 0 Å². The number of anilines is 1. The number of nitrogens with one attached hydrogen (secondary N) is 2. The standard InChI is InChI=1S/C15H25N3O/c1-5-15(6-2,7-3)17-14(19)12-9-8-11(4)10-13(12)18-16/h8-10,18H,5-7,16H2,1-4H3,(H,17,19). The Morgan fingerprint density at radius 1 is 1.21 bits per heavy atom. The number of benzene rings is 1. The van der Waals surface area contributed by atoms with Crippen molar-refractivity contribution in [2.75, 3.05) is 5.43 Å². The SMILES string of the molecule is CCC(CC)(CC)NC(=O)c1ccc(C)cc1NN. The molecule has 0 saturated heterocycles. The first-order chi connectivity index (χ1) is 9.01. The first-order valence-corrected chi connectivity index (χ1v) is 6.91. The molecule has 1 aromatic rings. The Hall–Kier alpha value is -1.55. The molecule has 0 fully saturated rings. The zero-order valence-electron chi connectivity index (χ0n) is 12.3. The van der Waals surface area contributed by atoms with Crippen LogP contribution in [0.1, 0.15) is 56.0 Å². The highest BCUT2D eigenvalue weighted by atomic mass is 16.1. The molecule has 4 N–H and O–H groups in total. The molecule has 0 unspecified atom stereocenters. The van der Waals surface area contributed by atoms with Gasteiger partial charge < -0.3 is 10.7 Å². The molecule has 0 heterocycles. The Kier molecular flexibility index (Phi) is 5.36. The van der Waals surface area contributed by atoms with E-state index in [-0.39, 0.29) is 11.4 Å². The van der Waals surface area contributed by atoms with Crippen LogP contribution < -0.4 is 16.6 Å². The van der Waals surface area contributed by atoms with E-state index >= 15 is 0 Å². The van der Waals surface area contributed by atoms with E-state index in [1.165, 1.54) is 0 Å². The fourth-order valence-electron chi connectivity index (χ4n) is 2.30. The van der Waals surface area contributed by atoms with Gasteiger partial charge in [0.1, 0.15) is 0 Å². The first kappa shape index (κ1) is 15.5. The molecule has 0 radical (unpaired) electrons. The zero-order chi connectivity index (χ0) is 14.5. The first-order valence-electron chi connectivity index (χ1n) is 6.91. The van der Waals surface area contributed by atoms with Crippen molar-refractivity contribution in [1.82, 2.24) is 5.32 Å². The summed E-state index contributed by atoms with van der Waals surface area (Å²) in [6.45, 7) is 8.27. The zero-order valence-corrected chi connectivity index (χ0v) is 12.3. The van der Waals surface area contributed by atoms with Gasteiger partial charge in [-0.3, -0.25) is 10.6 Å². The summed E-state index contributed by atoms with van der Waals surface area (Å²) in [6, 6.07) is 5.60. The lowest BCUT2D eigenvalue weighted by Crippen LogP contribution is -2.47. The van der Waals surface area contributed by atoms with E-state index in [4.69, 9.17) is 5.84 Å². The van der Waals surface area contributed by atoms with Gasteiger partial charge in [-0.05, 0) is 43.9 Å². The van der Waals surface area contributed by atoms with Crippen molar-refractivity contribution in [3.05, 3.63) is 29.3 Å². The van der Waals surface area contributed by atoms with Gasteiger partial charge in [-0.15, -0.1) is 0 Å². The number of nitrogens with two attached hydrogens (primary N) is 1. The van der Waals surface area contributed by atoms with Crippen molar-refractivity contribution < 1.29 is 4.79 Å². The minimum absolute atomic E-state index is 0.0708. The van der Waals surface area contributed by atoms with Gasteiger partial charge in [0.2, 0.25) is 0 Å². The van der Waals surface area contributed by atoms with Gasteiger partial charge in [-0.1, -0.05) is 26.8 Å². The second-order valence-electron chi connectivity index (χ2n) is 4.99. The van der Waals surface area contributed by atoms with Crippen LogP contribution in [0.15, 0.2) is 18.2 Å². The van der Waals surface area contributed by atoms with E-state index in [1.54, 1.807) is 0 Å². The molecule has 106 valence electrons. The summed E-state index contributed by atoms with van der Waals surface area (Å²) >= 11 is 0. The number of hydrazine groups is 1. The summed E-state index contributed by atoms with van der Waals surface area (Å²) in [5.74, 6) is 5.42. The van der Waals surface area contributed by atoms with E-state index in [0.717, 1.165) is 24.8 Å². The maximum absolute atomic E-state index is 12.4. The number of carbonyl (C=O) groups excluding carboxylic acids is 1.